The summed E-state index contributed by atoms with van der Waals surface area (Å²) >= 11 is 0. The van der Waals surface area contributed by atoms with Crippen molar-refractivity contribution in [3.63, 3.8) is 0 Å². The highest BCUT2D eigenvalue weighted by atomic mass is 16.5. The predicted octanol–water partition coefficient (Wildman–Crippen LogP) is 2.79. The predicted molar refractivity (Wildman–Crippen MR) is 111 cm³/mol. The number of hydrogen-bond donors (Lipinski definition) is 0. The molecular formula is C22H25N3O4. The lowest BCUT2D eigenvalue weighted by molar-refractivity contribution is 0.0603. The van der Waals surface area contributed by atoms with Gasteiger partial charge in [-0.2, -0.15) is 0 Å². The Bertz CT molecular complexity index is 1080. The largest absolute Gasteiger partial charge is 0.497 e. The van der Waals surface area contributed by atoms with Gasteiger partial charge in [0, 0.05) is 26.3 Å². The molecule has 0 spiro atoms. The molecule has 3 rings (SSSR count). The second-order valence-electron chi connectivity index (χ2n) is 6.75. The smallest absolute Gasteiger partial charge is 0.261 e. The van der Waals surface area contributed by atoms with Crippen LogP contribution in [-0.2, 0) is 11.8 Å². The van der Waals surface area contributed by atoms with Crippen molar-refractivity contribution in [3.05, 3.63) is 70.3 Å². The van der Waals surface area contributed by atoms with Gasteiger partial charge in [0.25, 0.3) is 11.5 Å². The number of nitrogens with zero attached hydrogens (tertiary/aromatic N) is 3. The molecule has 0 bridgehead atoms. The maximum absolute atomic E-state index is 13.3. The van der Waals surface area contributed by atoms with Gasteiger partial charge in [0.15, 0.2) is 0 Å². The van der Waals surface area contributed by atoms with Crippen LogP contribution >= 0.6 is 0 Å². The third-order valence-corrected chi connectivity index (χ3v) is 4.97. The van der Waals surface area contributed by atoms with Crippen LogP contribution in [0.1, 0.15) is 29.1 Å². The first kappa shape index (κ1) is 20.5. The zero-order valence-electron chi connectivity index (χ0n) is 17.1. The Kier molecular flexibility index (Phi) is 6.29. The van der Waals surface area contributed by atoms with Crippen LogP contribution in [0.3, 0.4) is 0 Å². The van der Waals surface area contributed by atoms with Gasteiger partial charge in [-0.3, -0.25) is 14.2 Å². The molecule has 1 amide bonds. The van der Waals surface area contributed by atoms with Crippen molar-refractivity contribution in [1.29, 1.82) is 0 Å². The molecule has 0 aliphatic rings. The van der Waals surface area contributed by atoms with Gasteiger partial charge >= 0.3 is 0 Å². The Balaban J connectivity index is 2.04. The van der Waals surface area contributed by atoms with Gasteiger partial charge in [-0.25, -0.2) is 4.98 Å². The summed E-state index contributed by atoms with van der Waals surface area (Å²) in [5.41, 5.74) is 0.967. The lowest BCUT2D eigenvalue weighted by atomic mass is 10.1. The topological polar surface area (TPSA) is 73.7 Å². The minimum Gasteiger partial charge on any atom is -0.497 e. The summed E-state index contributed by atoms with van der Waals surface area (Å²) in [6, 6.07) is 13.8. The molecule has 0 saturated heterocycles. The summed E-state index contributed by atoms with van der Waals surface area (Å²) in [5.74, 6) is 0.934. The molecule has 7 nitrogen and oxygen atoms in total. The van der Waals surface area contributed by atoms with E-state index in [2.05, 4.69) is 4.98 Å². The molecule has 152 valence electrons. The fourth-order valence-electron chi connectivity index (χ4n) is 3.33. The highest BCUT2D eigenvalue weighted by Gasteiger charge is 2.26. The van der Waals surface area contributed by atoms with E-state index in [9.17, 15) is 9.59 Å². The van der Waals surface area contributed by atoms with Crippen LogP contribution in [0.4, 0.5) is 0 Å². The Morgan fingerprint density at radius 2 is 1.93 bits per heavy atom. The van der Waals surface area contributed by atoms with Crippen molar-refractivity contribution in [2.45, 2.75) is 13.0 Å². The van der Waals surface area contributed by atoms with Crippen molar-refractivity contribution in [1.82, 2.24) is 14.5 Å². The number of methoxy groups -OCH3 is 2. The quantitative estimate of drug-likeness (QED) is 0.615. The van der Waals surface area contributed by atoms with Crippen LogP contribution in [0.25, 0.3) is 10.9 Å². The number of rotatable bonds is 7. The van der Waals surface area contributed by atoms with Crippen molar-refractivity contribution in [3.8, 4) is 5.75 Å². The Morgan fingerprint density at radius 1 is 1.17 bits per heavy atom. The van der Waals surface area contributed by atoms with Crippen molar-refractivity contribution < 1.29 is 14.3 Å². The van der Waals surface area contributed by atoms with Crippen molar-refractivity contribution >= 4 is 16.8 Å². The first-order valence-electron chi connectivity index (χ1n) is 9.37. The molecule has 2 aromatic carbocycles. The van der Waals surface area contributed by atoms with Crippen LogP contribution in [0.5, 0.6) is 5.75 Å². The molecule has 0 N–H and O–H groups in total. The Hall–Kier alpha value is -3.19. The number of hydrogen-bond acceptors (Lipinski definition) is 5. The lowest BCUT2D eigenvalue weighted by Gasteiger charge is -2.30. The standard InChI is InChI=1S/C22H25N3O4/c1-15(20-23-19-11-6-5-10-18(19)22(27)24(20)2)25(12-13-28-3)21(26)16-8-7-9-17(14-16)29-4/h5-11,14-15H,12-13H2,1-4H3. The number of carbonyl (C=O) groups excluding carboxylic acids is 1. The molecule has 1 unspecified atom stereocenters. The third-order valence-electron chi connectivity index (χ3n) is 4.97. The molecule has 0 aliphatic carbocycles. The molecule has 1 atom stereocenters. The van der Waals surface area contributed by atoms with Crippen LogP contribution in [-0.4, -0.2) is 47.7 Å². The Morgan fingerprint density at radius 3 is 2.66 bits per heavy atom. The van der Waals surface area contributed by atoms with E-state index in [4.69, 9.17) is 9.47 Å². The zero-order valence-corrected chi connectivity index (χ0v) is 17.1. The third kappa shape index (κ3) is 4.14. The molecular weight excluding hydrogens is 370 g/mol. The molecule has 0 fully saturated rings. The maximum Gasteiger partial charge on any atom is 0.261 e. The molecule has 0 saturated carbocycles. The average molecular weight is 395 g/mol. The summed E-state index contributed by atoms with van der Waals surface area (Å²) in [6.07, 6.45) is 0. The second kappa shape index (κ2) is 8.87. The number of amides is 1. The van der Waals surface area contributed by atoms with Crippen LogP contribution in [0.2, 0.25) is 0 Å². The normalized spacial score (nSPS) is 12.0. The molecule has 0 aliphatic heterocycles. The highest BCUT2D eigenvalue weighted by molar-refractivity contribution is 5.95. The van der Waals surface area contributed by atoms with E-state index in [-0.39, 0.29) is 11.5 Å². The van der Waals surface area contributed by atoms with Crippen molar-refractivity contribution in [2.75, 3.05) is 27.4 Å². The average Bonchev–Trinajstić information content (AvgIpc) is 2.76. The summed E-state index contributed by atoms with van der Waals surface area (Å²) in [6.45, 7) is 2.59. The number of aromatic nitrogens is 2. The van der Waals surface area contributed by atoms with E-state index >= 15 is 0 Å². The van der Waals surface area contributed by atoms with E-state index in [0.29, 0.717) is 41.2 Å². The van der Waals surface area contributed by atoms with Gasteiger partial charge in [-0.15, -0.1) is 0 Å². The Labute approximate surface area is 169 Å². The van der Waals surface area contributed by atoms with E-state index in [0.717, 1.165) is 0 Å². The van der Waals surface area contributed by atoms with Crippen LogP contribution in [0, 0.1) is 0 Å². The summed E-state index contributed by atoms with van der Waals surface area (Å²) in [4.78, 5) is 32.4. The fraction of sp³-hybridized carbons (Fsp3) is 0.318. The van der Waals surface area contributed by atoms with E-state index in [1.807, 2.05) is 19.1 Å². The monoisotopic (exact) mass is 395 g/mol. The van der Waals surface area contributed by atoms with Gasteiger partial charge in [0.1, 0.15) is 11.6 Å². The number of fused-ring (bicyclic) bond motifs is 1. The molecule has 0 radical (unpaired) electrons. The molecule has 7 heteroatoms. The second-order valence-corrected chi connectivity index (χ2v) is 6.75. The number of carbonyl (C=O) groups is 1. The minimum absolute atomic E-state index is 0.141. The molecule has 3 aromatic rings. The van der Waals surface area contributed by atoms with Crippen LogP contribution in [0.15, 0.2) is 53.3 Å². The molecule has 1 aromatic heterocycles. The van der Waals surface area contributed by atoms with Gasteiger partial charge in [0.2, 0.25) is 0 Å². The van der Waals surface area contributed by atoms with Gasteiger partial charge in [-0.1, -0.05) is 18.2 Å². The van der Waals surface area contributed by atoms with Gasteiger partial charge in [0.05, 0.1) is 30.7 Å². The van der Waals surface area contributed by atoms with Gasteiger partial charge in [-0.05, 0) is 37.3 Å². The first-order chi connectivity index (χ1) is 14.0. The van der Waals surface area contributed by atoms with Gasteiger partial charge < -0.3 is 14.4 Å². The van der Waals surface area contributed by atoms with Crippen molar-refractivity contribution in [2.24, 2.45) is 7.05 Å². The van der Waals surface area contributed by atoms with E-state index in [1.54, 1.807) is 62.6 Å². The summed E-state index contributed by atoms with van der Waals surface area (Å²) in [7, 11) is 4.82. The van der Waals surface area contributed by atoms with Crippen LogP contribution < -0.4 is 10.3 Å². The first-order valence-corrected chi connectivity index (χ1v) is 9.37. The van der Waals surface area contributed by atoms with E-state index in [1.165, 1.54) is 4.57 Å². The fourth-order valence-corrected chi connectivity index (χ4v) is 3.33. The van der Waals surface area contributed by atoms with E-state index < -0.39 is 6.04 Å². The summed E-state index contributed by atoms with van der Waals surface area (Å²) < 4.78 is 12.0. The highest BCUT2D eigenvalue weighted by Crippen LogP contribution is 2.23. The maximum atomic E-state index is 13.3. The summed E-state index contributed by atoms with van der Waals surface area (Å²) in [5, 5.41) is 0.550. The SMILES string of the molecule is COCCN(C(=O)c1cccc(OC)c1)C(C)c1nc2ccccc2c(=O)n1C. The lowest BCUT2D eigenvalue weighted by Crippen LogP contribution is -2.39. The number of para-hydroxylation sites is 1. The zero-order chi connectivity index (χ0) is 21.0. The molecule has 29 heavy (non-hydrogen) atoms. The number of benzene rings is 2. The minimum atomic E-state index is -0.439. The molecule has 1 heterocycles. The number of ether oxygens (including phenoxy) is 2.